The quantitative estimate of drug-likeness (QED) is 0.592. The van der Waals surface area contributed by atoms with E-state index in [2.05, 4.69) is 39.5 Å². The van der Waals surface area contributed by atoms with Gasteiger partial charge >= 0.3 is 0 Å². The second-order valence-electron chi connectivity index (χ2n) is 3.08. The SMILES string of the molecule is N#C/C=C/c1csc2c(CBr)cccc12. The number of benzene rings is 1. The zero-order valence-corrected chi connectivity index (χ0v) is 10.3. The van der Waals surface area contributed by atoms with Crippen LogP contribution < -0.4 is 0 Å². The molecule has 1 heterocycles. The number of halogens is 1. The number of rotatable bonds is 2. The van der Waals surface area contributed by atoms with Crippen molar-refractivity contribution in [2.45, 2.75) is 5.33 Å². The van der Waals surface area contributed by atoms with Gasteiger partial charge in [0.25, 0.3) is 0 Å². The Morgan fingerprint density at radius 2 is 2.33 bits per heavy atom. The third-order valence-electron chi connectivity index (χ3n) is 2.19. The van der Waals surface area contributed by atoms with Crippen molar-refractivity contribution < 1.29 is 0 Å². The predicted molar refractivity (Wildman–Crippen MR) is 69.1 cm³/mol. The average Bonchev–Trinajstić information content (AvgIpc) is 2.69. The number of hydrogen-bond acceptors (Lipinski definition) is 2. The Morgan fingerprint density at radius 3 is 3.07 bits per heavy atom. The smallest absolute Gasteiger partial charge is 0.0912 e. The van der Waals surface area contributed by atoms with Crippen LogP contribution in [0.4, 0.5) is 0 Å². The molecule has 74 valence electrons. The van der Waals surface area contributed by atoms with E-state index in [4.69, 9.17) is 5.26 Å². The van der Waals surface area contributed by atoms with E-state index in [1.807, 2.05) is 12.1 Å². The maximum atomic E-state index is 8.50. The van der Waals surface area contributed by atoms with Crippen LogP contribution >= 0.6 is 27.3 Å². The highest BCUT2D eigenvalue weighted by Crippen LogP contribution is 2.30. The molecule has 1 nitrogen and oxygen atoms in total. The maximum Gasteiger partial charge on any atom is 0.0912 e. The first-order valence-corrected chi connectivity index (χ1v) is 6.48. The largest absolute Gasteiger partial charge is 0.193 e. The summed E-state index contributed by atoms with van der Waals surface area (Å²) in [6.07, 6.45) is 3.37. The van der Waals surface area contributed by atoms with Gasteiger partial charge in [-0.1, -0.05) is 34.1 Å². The van der Waals surface area contributed by atoms with Gasteiger partial charge in [-0.25, -0.2) is 0 Å². The predicted octanol–water partition coefficient (Wildman–Crippen LogP) is 4.33. The fraction of sp³-hybridized carbons (Fsp3) is 0.0833. The fourth-order valence-corrected chi connectivity index (χ4v) is 3.21. The number of nitrogens with zero attached hydrogens (tertiary/aromatic N) is 1. The summed E-state index contributed by atoms with van der Waals surface area (Å²) in [7, 11) is 0. The fourth-order valence-electron chi connectivity index (χ4n) is 1.50. The first-order valence-electron chi connectivity index (χ1n) is 4.48. The average molecular weight is 278 g/mol. The Labute approximate surface area is 101 Å². The summed E-state index contributed by atoms with van der Waals surface area (Å²) in [5.41, 5.74) is 2.42. The van der Waals surface area contributed by atoms with Gasteiger partial charge in [0, 0.05) is 21.5 Å². The maximum absolute atomic E-state index is 8.50. The van der Waals surface area contributed by atoms with Crippen LogP contribution in [0.2, 0.25) is 0 Å². The van der Waals surface area contributed by atoms with Gasteiger partial charge in [0.05, 0.1) is 6.07 Å². The topological polar surface area (TPSA) is 23.8 Å². The highest BCUT2D eigenvalue weighted by atomic mass is 79.9. The van der Waals surface area contributed by atoms with Gasteiger partial charge in [0.15, 0.2) is 0 Å². The number of fused-ring (bicyclic) bond motifs is 1. The minimum Gasteiger partial charge on any atom is -0.193 e. The molecule has 0 fully saturated rings. The van der Waals surface area contributed by atoms with Crippen LogP contribution in [-0.4, -0.2) is 0 Å². The van der Waals surface area contributed by atoms with Gasteiger partial charge < -0.3 is 0 Å². The molecule has 2 aromatic rings. The standard InChI is InChI=1S/C12H8BrNS/c13-7-9-3-1-5-11-10(4-2-6-14)8-15-12(9)11/h1-5,8H,7H2/b4-2+. The van der Waals surface area contributed by atoms with Crippen molar-refractivity contribution in [2.75, 3.05) is 0 Å². The molecule has 0 saturated carbocycles. The van der Waals surface area contributed by atoms with Crippen molar-refractivity contribution in [3.63, 3.8) is 0 Å². The van der Waals surface area contributed by atoms with Gasteiger partial charge in [-0.3, -0.25) is 0 Å². The van der Waals surface area contributed by atoms with Crippen LogP contribution in [0.1, 0.15) is 11.1 Å². The Morgan fingerprint density at radius 1 is 1.47 bits per heavy atom. The molecule has 0 bridgehead atoms. The number of thiophene rings is 1. The van der Waals surface area contributed by atoms with Gasteiger partial charge in [-0.05, 0) is 22.6 Å². The Hall–Kier alpha value is -1.11. The molecule has 1 aromatic heterocycles. The molecule has 0 aliphatic rings. The lowest BCUT2D eigenvalue weighted by atomic mass is 10.1. The molecule has 0 unspecified atom stereocenters. The molecular weight excluding hydrogens is 270 g/mol. The van der Waals surface area contributed by atoms with E-state index in [-0.39, 0.29) is 0 Å². The molecule has 0 aliphatic carbocycles. The highest BCUT2D eigenvalue weighted by Gasteiger charge is 2.04. The minimum absolute atomic E-state index is 0.867. The van der Waals surface area contributed by atoms with Crippen LogP contribution in [0.3, 0.4) is 0 Å². The third-order valence-corrected chi connectivity index (χ3v) is 3.89. The van der Waals surface area contributed by atoms with E-state index < -0.39 is 0 Å². The molecule has 0 amide bonds. The second kappa shape index (κ2) is 4.61. The van der Waals surface area contributed by atoms with Gasteiger partial charge in [0.1, 0.15) is 0 Å². The second-order valence-corrected chi connectivity index (χ2v) is 4.52. The number of alkyl halides is 1. The molecule has 3 heteroatoms. The van der Waals surface area contributed by atoms with Crippen LogP contribution in [0.5, 0.6) is 0 Å². The van der Waals surface area contributed by atoms with Crippen LogP contribution in [0.25, 0.3) is 16.2 Å². The van der Waals surface area contributed by atoms with E-state index >= 15 is 0 Å². The van der Waals surface area contributed by atoms with E-state index in [0.717, 1.165) is 10.9 Å². The summed E-state index contributed by atoms with van der Waals surface area (Å²) < 4.78 is 1.30. The normalized spacial score (nSPS) is 10.9. The van der Waals surface area contributed by atoms with Gasteiger partial charge in [-0.15, -0.1) is 11.3 Å². The lowest BCUT2D eigenvalue weighted by Gasteiger charge is -1.97. The number of nitriles is 1. The van der Waals surface area contributed by atoms with E-state index in [1.165, 1.54) is 21.7 Å². The summed E-state index contributed by atoms with van der Waals surface area (Å²) in [5, 5.41) is 12.7. The van der Waals surface area contributed by atoms with E-state index in [1.54, 1.807) is 11.3 Å². The van der Waals surface area contributed by atoms with Crippen molar-refractivity contribution in [1.29, 1.82) is 5.26 Å². The molecule has 2 rings (SSSR count). The lowest BCUT2D eigenvalue weighted by molar-refractivity contribution is 1.51. The zero-order chi connectivity index (χ0) is 10.7. The molecule has 15 heavy (non-hydrogen) atoms. The summed E-state index contributed by atoms with van der Waals surface area (Å²) in [4.78, 5) is 0. The first kappa shape index (κ1) is 10.4. The summed E-state index contributed by atoms with van der Waals surface area (Å²) in [6, 6.07) is 8.27. The Bertz CT molecular complexity index is 548. The Balaban J connectivity index is 2.62. The van der Waals surface area contributed by atoms with Crippen LogP contribution in [-0.2, 0) is 5.33 Å². The molecule has 0 aliphatic heterocycles. The van der Waals surface area contributed by atoms with Crippen LogP contribution in [0.15, 0.2) is 29.7 Å². The third kappa shape index (κ3) is 1.97. The van der Waals surface area contributed by atoms with Crippen molar-refractivity contribution in [1.82, 2.24) is 0 Å². The summed E-state index contributed by atoms with van der Waals surface area (Å²) in [5.74, 6) is 0. The summed E-state index contributed by atoms with van der Waals surface area (Å²) in [6.45, 7) is 0. The number of allylic oxidation sites excluding steroid dienone is 1. The molecule has 1 aromatic carbocycles. The lowest BCUT2D eigenvalue weighted by Crippen LogP contribution is -1.76. The van der Waals surface area contributed by atoms with Crippen molar-refractivity contribution in [3.8, 4) is 6.07 Å². The van der Waals surface area contributed by atoms with Crippen LogP contribution in [0, 0.1) is 11.3 Å². The molecule has 0 spiro atoms. The molecule has 0 N–H and O–H groups in total. The van der Waals surface area contributed by atoms with Gasteiger partial charge in [0.2, 0.25) is 0 Å². The van der Waals surface area contributed by atoms with Crippen molar-refractivity contribution in [2.24, 2.45) is 0 Å². The van der Waals surface area contributed by atoms with Gasteiger partial charge in [-0.2, -0.15) is 5.26 Å². The van der Waals surface area contributed by atoms with Crippen molar-refractivity contribution in [3.05, 3.63) is 40.8 Å². The zero-order valence-electron chi connectivity index (χ0n) is 7.90. The van der Waals surface area contributed by atoms with E-state index in [9.17, 15) is 0 Å². The number of hydrogen-bond donors (Lipinski definition) is 0. The molecule has 0 saturated heterocycles. The minimum atomic E-state index is 0.867. The van der Waals surface area contributed by atoms with E-state index in [0.29, 0.717) is 0 Å². The first-order chi connectivity index (χ1) is 7.36. The van der Waals surface area contributed by atoms with Crippen molar-refractivity contribution >= 4 is 43.4 Å². The monoisotopic (exact) mass is 277 g/mol. The molecular formula is C12H8BrNS. The highest BCUT2D eigenvalue weighted by molar-refractivity contribution is 9.08. The molecule has 0 atom stereocenters. The molecule has 0 radical (unpaired) electrons. The Kier molecular flexibility index (Phi) is 3.20. The summed E-state index contributed by atoms with van der Waals surface area (Å²) >= 11 is 5.20.